The Kier molecular flexibility index (Phi) is 10.6. The molecule has 3 aromatic rings. The van der Waals surface area contributed by atoms with E-state index in [1.54, 1.807) is 7.11 Å². The number of ether oxygens (including phenoxy) is 1. The van der Waals surface area contributed by atoms with E-state index in [0.29, 0.717) is 0 Å². The lowest BCUT2D eigenvalue weighted by Gasteiger charge is -2.12. The summed E-state index contributed by atoms with van der Waals surface area (Å²) in [7, 11) is 1.75. The van der Waals surface area contributed by atoms with Crippen molar-refractivity contribution in [3.63, 3.8) is 0 Å². The number of hydrogen-bond donors (Lipinski definition) is 0. The van der Waals surface area contributed by atoms with Crippen molar-refractivity contribution >= 4 is 6.29 Å². The number of carbonyl (C=O) groups excluding carboxylic acids is 1. The van der Waals surface area contributed by atoms with Gasteiger partial charge in [-0.15, -0.1) is 0 Å². The van der Waals surface area contributed by atoms with Crippen molar-refractivity contribution < 1.29 is 9.53 Å². The first kappa shape index (κ1) is 23.6. The van der Waals surface area contributed by atoms with Crippen LogP contribution < -0.4 is 0 Å². The van der Waals surface area contributed by atoms with Crippen molar-refractivity contribution in [3.8, 4) is 11.1 Å². The summed E-state index contributed by atoms with van der Waals surface area (Å²) in [5, 5.41) is 0. The molecular weight excluding hydrogens is 368 g/mol. The molecule has 0 saturated heterocycles. The Bertz CT molecular complexity index is 832. The first-order valence-electron chi connectivity index (χ1n) is 10.9. The fourth-order valence-electron chi connectivity index (χ4n) is 3.40. The van der Waals surface area contributed by atoms with Gasteiger partial charge < -0.3 is 4.74 Å². The summed E-state index contributed by atoms with van der Waals surface area (Å²) in [4.78, 5) is 10.6. The second-order valence-electron chi connectivity index (χ2n) is 7.44. The van der Waals surface area contributed by atoms with Gasteiger partial charge in [-0.25, -0.2) is 0 Å². The van der Waals surface area contributed by atoms with E-state index in [-0.39, 0.29) is 6.10 Å². The van der Waals surface area contributed by atoms with Crippen LogP contribution in [0.4, 0.5) is 0 Å². The highest BCUT2D eigenvalue weighted by molar-refractivity contribution is 5.76. The summed E-state index contributed by atoms with van der Waals surface area (Å²) < 4.78 is 5.29. The molecule has 0 aliphatic heterocycles. The number of rotatable bonds is 9. The van der Waals surface area contributed by atoms with Crippen LogP contribution in [-0.2, 0) is 11.2 Å². The van der Waals surface area contributed by atoms with E-state index in [9.17, 15) is 4.79 Å². The normalized spacial score (nSPS) is 11.3. The molecule has 1 unspecified atom stereocenters. The maximum atomic E-state index is 10.6. The van der Waals surface area contributed by atoms with Gasteiger partial charge in [0.25, 0.3) is 0 Å². The molecule has 2 heteroatoms. The second kappa shape index (κ2) is 13.5. The van der Waals surface area contributed by atoms with E-state index < -0.39 is 0 Å². The van der Waals surface area contributed by atoms with Crippen molar-refractivity contribution in [2.24, 2.45) is 0 Å². The molecule has 0 heterocycles. The Morgan fingerprint density at radius 2 is 1.40 bits per heavy atom. The highest BCUT2D eigenvalue weighted by Gasteiger charge is 2.05. The van der Waals surface area contributed by atoms with Crippen LogP contribution >= 0.6 is 0 Å². The number of unbranched alkanes of at least 4 members (excludes halogenated alkanes) is 2. The molecule has 0 aliphatic carbocycles. The largest absolute Gasteiger partial charge is 0.377 e. The van der Waals surface area contributed by atoms with Gasteiger partial charge in [-0.3, -0.25) is 4.79 Å². The minimum absolute atomic E-state index is 0.260. The molecule has 3 rings (SSSR count). The molecular formula is C28H34O2. The van der Waals surface area contributed by atoms with Gasteiger partial charge in [0.1, 0.15) is 6.29 Å². The van der Waals surface area contributed by atoms with Gasteiger partial charge in [0.05, 0.1) is 6.10 Å². The maximum Gasteiger partial charge on any atom is 0.150 e. The number of carbonyl (C=O) groups is 1. The maximum absolute atomic E-state index is 10.6. The van der Waals surface area contributed by atoms with Crippen molar-refractivity contribution in [1.82, 2.24) is 0 Å². The van der Waals surface area contributed by atoms with E-state index in [1.807, 2.05) is 42.5 Å². The summed E-state index contributed by atoms with van der Waals surface area (Å²) in [6.45, 7) is 4.35. The molecule has 0 spiro atoms. The minimum Gasteiger partial charge on any atom is -0.377 e. The SMILES string of the molecule is CCC(OC)c1ccccc1.CCCCCc1ccc(-c2ccc(C=O)cc2)cc1. The van der Waals surface area contributed by atoms with E-state index in [1.165, 1.54) is 36.0 Å². The predicted molar refractivity (Wildman–Crippen MR) is 127 cm³/mol. The van der Waals surface area contributed by atoms with E-state index in [0.717, 1.165) is 30.3 Å². The standard InChI is InChI=1S/C18H20O.C10H14O/c1-2-3-4-5-15-6-10-17(11-7-15)18-12-8-16(14-19)9-13-18;1-3-10(11-2)9-7-5-4-6-8-9/h6-14H,2-5H2,1H3;4-8,10H,3H2,1-2H3. The molecule has 158 valence electrons. The molecule has 2 nitrogen and oxygen atoms in total. The molecule has 3 aromatic carbocycles. The minimum atomic E-state index is 0.260. The molecule has 1 atom stereocenters. The summed E-state index contributed by atoms with van der Waals surface area (Å²) in [5.74, 6) is 0. The van der Waals surface area contributed by atoms with E-state index >= 15 is 0 Å². The van der Waals surface area contributed by atoms with Crippen LogP contribution in [0.25, 0.3) is 11.1 Å². The van der Waals surface area contributed by atoms with Crippen LogP contribution in [0.3, 0.4) is 0 Å². The fourth-order valence-corrected chi connectivity index (χ4v) is 3.40. The third-order valence-corrected chi connectivity index (χ3v) is 5.23. The smallest absolute Gasteiger partial charge is 0.150 e. The van der Waals surface area contributed by atoms with Crippen molar-refractivity contribution in [2.75, 3.05) is 7.11 Å². The predicted octanol–water partition coefficient (Wildman–Crippen LogP) is 7.68. The lowest BCUT2D eigenvalue weighted by molar-refractivity contribution is 0.100. The van der Waals surface area contributed by atoms with Crippen LogP contribution in [0.1, 0.15) is 67.1 Å². The first-order valence-corrected chi connectivity index (χ1v) is 10.9. The zero-order chi connectivity index (χ0) is 21.6. The highest BCUT2D eigenvalue weighted by Crippen LogP contribution is 2.21. The van der Waals surface area contributed by atoms with Crippen LogP contribution in [0.2, 0.25) is 0 Å². The molecule has 0 saturated carbocycles. The van der Waals surface area contributed by atoms with Gasteiger partial charge >= 0.3 is 0 Å². The van der Waals surface area contributed by atoms with Gasteiger partial charge in [-0.1, -0.05) is 106 Å². The van der Waals surface area contributed by atoms with Crippen molar-refractivity contribution in [3.05, 3.63) is 95.6 Å². The third kappa shape index (κ3) is 7.61. The Hall–Kier alpha value is -2.71. The highest BCUT2D eigenvalue weighted by atomic mass is 16.5. The van der Waals surface area contributed by atoms with E-state index in [4.69, 9.17) is 4.74 Å². The average molecular weight is 403 g/mol. The van der Waals surface area contributed by atoms with Gasteiger partial charge in [-0.2, -0.15) is 0 Å². The average Bonchev–Trinajstić information content (AvgIpc) is 2.82. The lowest BCUT2D eigenvalue weighted by atomic mass is 10.0. The monoisotopic (exact) mass is 402 g/mol. The summed E-state index contributed by atoms with van der Waals surface area (Å²) in [5.41, 5.74) is 5.75. The lowest BCUT2D eigenvalue weighted by Crippen LogP contribution is -1.98. The number of aldehydes is 1. The van der Waals surface area contributed by atoms with Crippen molar-refractivity contribution in [2.45, 2.75) is 52.1 Å². The van der Waals surface area contributed by atoms with Gasteiger partial charge in [-0.05, 0) is 41.5 Å². The Morgan fingerprint density at radius 1 is 0.800 bits per heavy atom. The topological polar surface area (TPSA) is 26.3 Å². The molecule has 0 aromatic heterocycles. The van der Waals surface area contributed by atoms with Crippen LogP contribution in [-0.4, -0.2) is 13.4 Å². The summed E-state index contributed by atoms with van der Waals surface area (Å²) in [6.07, 6.45) is 7.16. The summed E-state index contributed by atoms with van der Waals surface area (Å²) in [6, 6.07) is 26.7. The molecule has 30 heavy (non-hydrogen) atoms. The van der Waals surface area contributed by atoms with Crippen LogP contribution in [0.15, 0.2) is 78.9 Å². The van der Waals surface area contributed by atoms with Crippen LogP contribution in [0.5, 0.6) is 0 Å². The van der Waals surface area contributed by atoms with E-state index in [2.05, 4.69) is 50.2 Å². The fraction of sp³-hybridized carbons (Fsp3) is 0.321. The van der Waals surface area contributed by atoms with Crippen LogP contribution in [0, 0.1) is 0 Å². The van der Waals surface area contributed by atoms with Gasteiger partial charge in [0.2, 0.25) is 0 Å². The number of benzene rings is 3. The first-order chi connectivity index (χ1) is 14.7. The Labute approximate surface area is 181 Å². The summed E-state index contributed by atoms with van der Waals surface area (Å²) >= 11 is 0. The van der Waals surface area contributed by atoms with Gasteiger partial charge in [0.15, 0.2) is 0 Å². The zero-order valence-electron chi connectivity index (χ0n) is 18.5. The molecule has 0 radical (unpaired) electrons. The van der Waals surface area contributed by atoms with Gasteiger partial charge in [0, 0.05) is 12.7 Å². The third-order valence-electron chi connectivity index (χ3n) is 5.23. The Morgan fingerprint density at radius 3 is 1.90 bits per heavy atom. The zero-order valence-corrected chi connectivity index (χ0v) is 18.5. The quantitative estimate of drug-likeness (QED) is 0.271. The number of methoxy groups -OCH3 is 1. The second-order valence-corrected chi connectivity index (χ2v) is 7.44. The van der Waals surface area contributed by atoms with Crippen molar-refractivity contribution in [1.29, 1.82) is 0 Å². The number of aryl methyl sites for hydroxylation is 1. The molecule has 0 bridgehead atoms. The molecule has 0 aliphatic rings. The molecule has 0 N–H and O–H groups in total. The molecule has 0 fully saturated rings. The molecule has 0 amide bonds. The Balaban J connectivity index is 0.000000248. The number of hydrogen-bond acceptors (Lipinski definition) is 2.